The number of alkyl halides is 3. The Labute approximate surface area is 152 Å². The largest absolute Gasteiger partial charge is 1.00 e. The molecule has 140 valence electrons. The first-order valence-corrected chi connectivity index (χ1v) is 7.04. The van der Waals surface area contributed by atoms with Crippen molar-refractivity contribution in [1.82, 2.24) is 0 Å². The lowest BCUT2D eigenvalue weighted by molar-refractivity contribution is -0.361. The molecule has 26 heavy (non-hydrogen) atoms. The molecule has 0 aliphatic heterocycles. The molecule has 0 radical (unpaired) electrons. The minimum atomic E-state index is -4.50. The van der Waals surface area contributed by atoms with Gasteiger partial charge in [-0.1, -0.05) is 6.07 Å². The maximum atomic E-state index is 13.5. The van der Waals surface area contributed by atoms with Crippen molar-refractivity contribution in [3.63, 3.8) is 0 Å². The molecular weight excluding hydrogens is 378 g/mol. The molecule has 0 atom stereocenters. The number of nitrogens with one attached hydrogen (secondary N) is 1. The van der Waals surface area contributed by atoms with Gasteiger partial charge in [0.2, 0.25) is 11.9 Å². The molecule has 1 N–H and O–H groups in total. The summed E-state index contributed by atoms with van der Waals surface area (Å²) in [5.74, 6) is -1.31. The molecule has 0 heterocycles. The molecule has 2 aromatic rings. The van der Waals surface area contributed by atoms with E-state index in [1.807, 2.05) is 0 Å². The summed E-state index contributed by atoms with van der Waals surface area (Å²) < 4.78 is 60.5. The highest BCUT2D eigenvalue weighted by atomic mass is 35.5. The third-order valence-corrected chi connectivity index (χ3v) is 3.24. The standard InChI is InChI=1S/C17H13F4NO3.ClH/c1-10-13(22-9-17(19,20)21)4-3-5-14(10)25-15-8-11(18)6-7-12(15)16(23)24-2;/h3-9H,1-2H3;1H. The summed E-state index contributed by atoms with van der Waals surface area (Å²) in [5, 5.41) is 0. The number of esters is 1. The molecule has 0 saturated carbocycles. The predicted octanol–water partition coefficient (Wildman–Crippen LogP) is 0.0622. The molecular formula is C17H14ClF4NO3. The van der Waals surface area contributed by atoms with E-state index in [0.717, 1.165) is 19.2 Å². The summed E-state index contributed by atoms with van der Waals surface area (Å²) in [7, 11) is 1.16. The zero-order valence-electron chi connectivity index (χ0n) is 13.7. The van der Waals surface area contributed by atoms with Gasteiger partial charge >= 0.3 is 12.1 Å². The van der Waals surface area contributed by atoms with Gasteiger partial charge in [-0.3, -0.25) is 0 Å². The molecule has 0 saturated heterocycles. The van der Waals surface area contributed by atoms with Crippen molar-refractivity contribution in [2.75, 3.05) is 7.11 Å². The van der Waals surface area contributed by atoms with Gasteiger partial charge < -0.3 is 21.9 Å². The lowest BCUT2D eigenvalue weighted by Crippen LogP contribution is -3.00. The van der Waals surface area contributed by atoms with Gasteiger partial charge in [0.05, 0.1) is 12.7 Å². The minimum Gasteiger partial charge on any atom is -1.00 e. The van der Waals surface area contributed by atoms with E-state index < -0.39 is 18.0 Å². The van der Waals surface area contributed by atoms with Crippen LogP contribution in [0, 0.1) is 12.7 Å². The highest BCUT2D eigenvalue weighted by Gasteiger charge is 2.29. The third-order valence-electron chi connectivity index (χ3n) is 3.24. The van der Waals surface area contributed by atoms with Crippen molar-refractivity contribution in [3.8, 4) is 11.5 Å². The van der Waals surface area contributed by atoms with Crippen LogP contribution in [0.1, 0.15) is 15.9 Å². The summed E-state index contributed by atoms with van der Waals surface area (Å²) in [4.78, 5) is 13.9. The van der Waals surface area contributed by atoms with Crippen LogP contribution in [0.25, 0.3) is 0 Å². The Hall–Kier alpha value is -2.61. The lowest BCUT2D eigenvalue weighted by Gasteiger charge is -2.12. The van der Waals surface area contributed by atoms with Gasteiger partial charge in [0.15, 0.2) is 0 Å². The number of halogens is 5. The van der Waals surface area contributed by atoms with E-state index in [0.29, 0.717) is 5.56 Å². The fraction of sp³-hybridized carbons (Fsp3) is 0.176. The number of ether oxygens (including phenoxy) is 2. The Morgan fingerprint density at radius 1 is 1.15 bits per heavy atom. The van der Waals surface area contributed by atoms with Crippen LogP contribution in [0.4, 0.5) is 23.2 Å². The molecule has 0 spiro atoms. The zero-order chi connectivity index (χ0) is 18.6. The first kappa shape index (κ1) is 21.4. The summed E-state index contributed by atoms with van der Waals surface area (Å²) in [6.45, 7) is 1.53. The molecule has 9 heteroatoms. The average molecular weight is 392 g/mol. The van der Waals surface area contributed by atoms with Gasteiger partial charge in [0.1, 0.15) is 22.9 Å². The van der Waals surface area contributed by atoms with Gasteiger partial charge in [0.25, 0.3) is 0 Å². The number of benzene rings is 2. The third kappa shape index (κ3) is 5.45. The smallest absolute Gasteiger partial charge is 0.469 e. The molecule has 0 aliphatic rings. The molecule has 0 aliphatic carbocycles. The van der Waals surface area contributed by atoms with Crippen LogP contribution >= 0.6 is 0 Å². The van der Waals surface area contributed by atoms with Gasteiger partial charge in [-0.25, -0.2) is 14.2 Å². The molecule has 2 rings (SSSR count). The van der Waals surface area contributed by atoms with Crippen molar-refractivity contribution in [1.29, 1.82) is 0 Å². The van der Waals surface area contributed by atoms with E-state index in [2.05, 4.69) is 9.73 Å². The molecule has 4 nitrogen and oxygen atoms in total. The number of methoxy groups -OCH3 is 1. The second-order valence-corrected chi connectivity index (χ2v) is 4.99. The van der Waals surface area contributed by atoms with E-state index in [9.17, 15) is 22.4 Å². The maximum absolute atomic E-state index is 13.5. The SMILES string of the molecule is COC(=O)c1ccc(F)cc1Oc1cccc([NH+]=CC(F)(F)F)c1C.[Cl-]. The molecule has 2 aromatic carbocycles. The normalized spacial score (nSPS) is 11.2. The second kappa shape index (κ2) is 8.66. The Balaban J connectivity index is 0.00000338. The quantitative estimate of drug-likeness (QED) is 0.456. The summed E-state index contributed by atoms with van der Waals surface area (Å²) in [6.07, 6.45) is -4.51. The minimum absolute atomic E-state index is 0. The van der Waals surface area contributed by atoms with Crippen molar-refractivity contribution < 1.29 is 49.2 Å². The summed E-state index contributed by atoms with van der Waals surface area (Å²) >= 11 is 0. The average Bonchev–Trinajstić information content (AvgIpc) is 2.54. The van der Waals surface area contributed by atoms with Crippen molar-refractivity contribution in [3.05, 3.63) is 53.3 Å². The Kier molecular flexibility index (Phi) is 7.14. The fourth-order valence-electron chi connectivity index (χ4n) is 2.02. The Morgan fingerprint density at radius 3 is 2.46 bits per heavy atom. The Bertz CT molecular complexity index is 822. The maximum Gasteiger partial charge on any atom is 0.469 e. The van der Waals surface area contributed by atoms with Crippen LogP contribution in [-0.2, 0) is 4.74 Å². The molecule has 0 unspecified atom stereocenters. The second-order valence-electron chi connectivity index (χ2n) is 4.99. The van der Waals surface area contributed by atoms with E-state index in [1.54, 1.807) is 0 Å². The van der Waals surface area contributed by atoms with Crippen LogP contribution in [0.3, 0.4) is 0 Å². The van der Waals surface area contributed by atoms with E-state index in [1.165, 1.54) is 31.2 Å². The van der Waals surface area contributed by atoms with E-state index >= 15 is 0 Å². The van der Waals surface area contributed by atoms with Gasteiger partial charge in [0, 0.05) is 12.1 Å². The van der Waals surface area contributed by atoms with E-state index in [4.69, 9.17) is 4.74 Å². The highest BCUT2D eigenvalue weighted by molar-refractivity contribution is 5.92. The monoisotopic (exact) mass is 391 g/mol. The lowest BCUT2D eigenvalue weighted by atomic mass is 10.1. The van der Waals surface area contributed by atoms with Gasteiger partial charge in [-0.05, 0) is 25.1 Å². The Morgan fingerprint density at radius 2 is 1.85 bits per heavy atom. The first-order chi connectivity index (χ1) is 11.7. The van der Waals surface area contributed by atoms with Crippen LogP contribution < -0.4 is 22.1 Å². The number of rotatable bonds is 4. The first-order valence-electron chi connectivity index (χ1n) is 7.04. The van der Waals surface area contributed by atoms with Crippen molar-refractivity contribution >= 4 is 17.9 Å². The van der Waals surface area contributed by atoms with Gasteiger partial charge in [-0.15, -0.1) is 0 Å². The molecule has 0 fully saturated rings. The van der Waals surface area contributed by atoms with Crippen LogP contribution in [0.5, 0.6) is 11.5 Å². The molecule has 0 bridgehead atoms. The fourth-order valence-corrected chi connectivity index (χ4v) is 2.02. The summed E-state index contributed by atoms with van der Waals surface area (Å²) in [5.41, 5.74) is 0.498. The van der Waals surface area contributed by atoms with Crippen LogP contribution in [0.15, 0.2) is 36.4 Å². The van der Waals surface area contributed by atoms with Crippen LogP contribution in [-0.4, -0.2) is 25.5 Å². The van der Waals surface area contributed by atoms with E-state index in [-0.39, 0.29) is 41.4 Å². The topological polar surface area (TPSA) is 49.5 Å². The number of carbonyl (C=O) groups excluding carboxylic acids is 1. The predicted molar refractivity (Wildman–Crippen MR) is 81.7 cm³/mol. The zero-order valence-corrected chi connectivity index (χ0v) is 14.4. The van der Waals surface area contributed by atoms with Gasteiger partial charge in [-0.2, -0.15) is 13.2 Å². The molecule has 0 amide bonds. The number of carbonyl (C=O) groups is 1. The van der Waals surface area contributed by atoms with Crippen molar-refractivity contribution in [2.45, 2.75) is 13.1 Å². The molecule has 0 aromatic heterocycles. The number of hydrogen-bond donors (Lipinski definition) is 1. The van der Waals surface area contributed by atoms with Crippen LogP contribution in [0.2, 0.25) is 0 Å². The highest BCUT2D eigenvalue weighted by Crippen LogP contribution is 2.31. The summed E-state index contributed by atoms with van der Waals surface area (Å²) in [6, 6.07) is 7.64. The number of hydrogen-bond acceptors (Lipinski definition) is 3. The van der Waals surface area contributed by atoms with Crippen molar-refractivity contribution in [2.24, 2.45) is 0 Å².